The molecule has 0 aromatic heterocycles. The fourth-order valence-electron chi connectivity index (χ4n) is 5.56. The van der Waals surface area contributed by atoms with Crippen molar-refractivity contribution in [3.8, 4) is 0 Å². The lowest BCUT2D eigenvalue weighted by Gasteiger charge is -2.41. The number of carbonyl (C=O) groups is 3. The van der Waals surface area contributed by atoms with Gasteiger partial charge in [0.15, 0.2) is 0 Å². The average Bonchev–Trinajstić information content (AvgIpc) is 2.88. The fraction of sp³-hybridized carbons (Fsp3) is 0.516. The first kappa shape index (κ1) is 30.0. The highest BCUT2D eigenvalue weighted by molar-refractivity contribution is 5.92. The Labute approximate surface area is 241 Å². The van der Waals surface area contributed by atoms with E-state index in [0.29, 0.717) is 5.56 Å². The number of nitrogens with zero attached hydrogens (tertiary/aromatic N) is 2. The molecule has 2 aromatic carbocycles. The van der Waals surface area contributed by atoms with Crippen molar-refractivity contribution in [2.75, 3.05) is 0 Å². The predicted molar refractivity (Wildman–Crippen MR) is 154 cm³/mol. The molecule has 0 radical (unpaired) electrons. The maximum absolute atomic E-state index is 14.2. The summed E-state index contributed by atoms with van der Waals surface area (Å²) in [5.74, 6) is -0.751. The van der Waals surface area contributed by atoms with E-state index >= 15 is 0 Å². The number of nitrogens with one attached hydrogen (secondary N) is 2. The monoisotopic (exact) mass is 564 g/mol. The summed E-state index contributed by atoms with van der Waals surface area (Å²) in [7, 11) is 0. The molecule has 0 unspecified atom stereocenters. The number of fused-ring (bicyclic) bond motifs is 2. The molecule has 3 amide bonds. The molecule has 2 aromatic rings. The fourth-order valence-corrected chi connectivity index (χ4v) is 5.56. The summed E-state index contributed by atoms with van der Waals surface area (Å²) in [6.45, 7) is 10.7. The molecular weight excluding hydrogens is 524 g/mol. The van der Waals surface area contributed by atoms with E-state index in [-0.39, 0.29) is 30.6 Å². The minimum absolute atomic E-state index is 0.00222. The summed E-state index contributed by atoms with van der Waals surface area (Å²) in [5.41, 5.74) is 2.08. The molecule has 0 bridgehead atoms. The second-order valence-electron chi connectivity index (χ2n) is 13.0. The van der Waals surface area contributed by atoms with E-state index in [9.17, 15) is 24.5 Å². The van der Waals surface area contributed by atoms with Gasteiger partial charge in [-0.25, -0.2) is 4.79 Å². The van der Waals surface area contributed by atoms with Gasteiger partial charge >= 0.3 is 6.09 Å². The lowest BCUT2D eigenvalue weighted by atomic mass is 9.84. The Morgan fingerprint density at radius 1 is 1.02 bits per heavy atom. The maximum Gasteiger partial charge on any atom is 0.408 e. The largest absolute Gasteiger partial charge is 0.444 e. The number of alkyl carbamates (subject to hydrolysis) is 1. The number of aryl methyl sites for hydroxylation is 1. The van der Waals surface area contributed by atoms with Gasteiger partial charge < -0.3 is 20.3 Å². The minimum Gasteiger partial charge on any atom is -0.444 e. The van der Waals surface area contributed by atoms with Crippen LogP contribution in [0.1, 0.15) is 82.7 Å². The number of hydrogen-bond acceptors (Lipinski definition) is 6. The van der Waals surface area contributed by atoms with Crippen LogP contribution in [-0.4, -0.2) is 45.4 Å². The molecule has 0 fully saturated rings. The molecule has 220 valence electrons. The van der Waals surface area contributed by atoms with Crippen molar-refractivity contribution >= 4 is 23.6 Å². The van der Waals surface area contributed by atoms with E-state index in [1.807, 2.05) is 39.0 Å². The Bertz CT molecular complexity index is 1340. The van der Waals surface area contributed by atoms with Gasteiger partial charge in [-0.3, -0.25) is 19.7 Å². The number of nitro groups is 1. The summed E-state index contributed by atoms with van der Waals surface area (Å²) in [4.78, 5) is 53.4. The van der Waals surface area contributed by atoms with Crippen LogP contribution in [0.4, 0.5) is 10.5 Å². The standard InChI is InChI=1S/C31H40N4O6/c1-30(2,3)26(33-29(38)41-31(4,5)6)28(37)34-18-21-16-22(35(39)40)15-14-20(21)17-25(34)27(36)32-24-13-9-11-19-10-7-8-12-23(19)24/h7-8,10,12,14-16,24-26H,9,11,13,17-18H2,1-6H3,(H,32,36)(H,33,38)/t24-,25+,26-/m1/s1. The van der Waals surface area contributed by atoms with E-state index in [1.165, 1.54) is 22.6 Å². The van der Waals surface area contributed by atoms with Crippen molar-refractivity contribution in [3.05, 3.63) is 74.8 Å². The highest BCUT2D eigenvalue weighted by Gasteiger charge is 2.43. The first-order valence-electron chi connectivity index (χ1n) is 14.1. The average molecular weight is 565 g/mol. The lowest BCUT2D eigenvalue weighted by Crippen LogP contribution is -2.61. The van der Waals surface area contributed by atoms with Crippen molar-refractivity contribution in [2.24, 2.45) is 5.41 Å². The van der Waals surface area contributed by atoms with Gasteiger partial charge in [-0.15, -0.1) is 0 Å². The molecule has 10 nitrogen and oxygen atoms in total. The highest BCUT2D eigenvalue weighted by atomic mass is 16.6. The van der Waals surface area contributed by atoms with E-state index in [4.69, 9.17) is 4.74 Å². The Morgan fingerprint density at radius 3 is 2.39 bits per heavy atom. The number of benzene rings is 2. The van der Waals surface area contributed by atoms with E-state index in [0.717, 1.165) is 30.4 Å². The smallest absolute Gasteiger partial charge is 0.408 e. The van der Waals surface area contributed by atoms with Crippen molar-refractivity contribution in [3.63, 3.8) is 0 Å². The molecule has 2 aliphatic rings. The van der Waals surface area contributed by atoms with E-state index < -0.39 is 40.0 Å². The van der Waals surface area contributed by atoms with Crippen LogP contribution < -0.4 is 10.6 Å². The maximum atomic E-state index is 14.2. The molecule has 3 atom stereocenters. The number of nitro benzene ring substituents is 1. The zero-order chi connectivity index (χ0) is 30.1. The summed E-state index contributed by atoms with van der Waals surface area (Å²) in [5, 5.41) is 17.4. The zero-order valence-corrected chi connectivity index (χ0v) is 24.7. The normalized spacial score (nSPS) is 19.3. The quantitative estimate of drug-likeness (QED) is 0.389. The Balaban J connectivity index is 1.67. The first-order valence-corrected chi connectivity index (χ1v) is 14.1. The van der Waals surface area contributed by atoms with E-state index in [2.05, 4.69) is 16.7 Å². The summed E-state index contributed by atoms with van der Waals surface area (Å²) >= 11 is 0. The van der Waals surface area contributed by atoms with Crippen molar-refractivity contribution in [1.29, 1.82) is 0 Å². The first-order chi connectivity index (χ1) is 19.1. The van der Waals surface area contributed by atoms with Crippen LogP contribution in [0.5, 0.6) is 0 Å². The van der Waals surface area contributed by atoms with Crippen LogP contribution in [0.15, 0.2) is 42.5 Å². The number of rotatable bonds is 5. The number of hydrogen-bond donors (Lipinski definition) is 2. The molecular formula is C31H40N4O6. The molecule has 1 aliphatic carbocycles. The number of carbonyl (C=O) groups excluding carboxylic acids is 3. The van der Waals surface area contributed by atoms with Crippen LogP contribution in [0.3, 0.4) is 0 Å². The lowest BCUT2D eigenvalue weighted by molar-refractivity contribution is -0.385. The third kappa shape index (κ3) is 7.04. The van der Waals surface area contributed by atoms with Crippen molar-refractivity contribution in [1.82, 2.24) is 15.5 Å². The second-order valence-corrected chi connectivity index (χ2v) is 13.0. The molecule has 0 spiro atoms. The Hall–Kier alpha value is -3.95. The molecule has 10 heteroatoms. The predicted octanol–water partition coefficient (Wildman–Crippen LogP) is 4.98. The molecule has 4 rings (SSSR count). The van der Waals surface area contributed by atoms with E-state index in [1.54, 1.807) is 26.8 Å². The van der Waals surface area contributed by atoms with Gasteiger partial charge in [0.25, 0.3) is 5.69 Å². The van der Waals surface area contributed by atoms with Gasteiger partial charge in [0, 0.05) is 25.1 Å². The molecule has 1 aliphatic heterocycles. The number of non-ortho nitro benzene ring substituents is 1. The van der Waals surface area contributed by atoms with Crippen LogP contribution >= 0.6 is 0 Å². The van der Waals surface area contributed by atoms with Gasteiger partial charge in [-0.05, 0) is 67.7 Å². The highest BCUT2D eigenvalue weighted by Crippen LogP contribution is 2.33. The molecule has 1 heterocycles. The summed E-state index contributed by atoms with van der Waals surface area (Å²) in [6, 6.07) is 10.5. The molecule has 2 N–H and O–H groups in total. The van der Waals surface area contributed by atoms with Crippen LogP contribution in [0, 0.1) is 15.5 Å². The van der Waals surface area contributed by atoms with Gasteiger partial charge in [-0.2, -0.15) is 0 Å². The molecule has 0 saturated carbocycles. The summed E-state index contributed by atoms with van der Waals surface area (Å²) in [6.07, 6.45) is 2.14. The summed E-state index contributed by atoms with van der Waals surface area (Å²) < 4.78 is 5.43. The number of ether oxygens (including phenoxy) is 1. The SMILES string of the molecule is CC(C)(C)OC(=O)N[C@H](C(=O)N1Cc2cc([N+](=O)[O-])ccc2C[C@H]1C(=O)N[C@@H]1CCCc2ccccc21)C(C)(C)C. The Morgan fingerprint density at radius 2 is 1.73 bits per heavy atom. The van der Waals surface area contributed by atoms with Crippen LogP contribution in [-0.2, 0) is 33.7 Å². The van der Waals surface area contributed by atoms with Gasteiger partial charge in [0.1, 0.15) is 17.7 Å². The van der Waals surface area contributed by atoms with Gasteiger partial charge in [-0.1, -0.05) is 51.1 Å². The van der Waals surface area contributed by atoms with Crippen LogP contribution in [0.2, 0.25) is 0 Å². The molecule has 41 heavy (non-hydrogen) atoms. The third-order valence-corrected chi connectivity index (χ3v) is 7.58. The zero-order valence-electron chi connectivity index (χ0n) is 24.7. The Kier molecular flexibility index (Phi) is 8.42. The van der Waals surface area contributed by atoms with Crippen molar-refractivity contribution < 1.29 is 24.0 Å². The second kappa shape index (κ2) is 11.5. The third-order valence-electron chi connectivity index (χ3n) is 7.58. The van der Waals surface area contributed by atoms with Crippen molar-refractivity contribution in [2.45, 2.75) is 97.5 Å². The minimum atomic E-state index is -1.01. The van der Waals surface area contributed by atoms with Crippen LogP contribution in [0.25, 0.3) is 0 Å². The van der Waals surface area contributed by atoms with Gasteiger partial charge in [0.2, 0.25) is 11.8 Å². The molecule has 0 saturated heterocycles. The topological polar surface area (TPSA) is 131 Å². The van der Waals surface area contributed by atoms with Gasteiger partial charge in [0.05, 0.1) is 11.0 Å². The number of amides is 3.